The van der Waals surface area contributed by atoms with E-state index in [0.717, 1.165) is 5.56 Å². The van der Waals surface area contributed by atoms with Gasteiger partial charge in [0, 0.05) is 12.5 Å². The maximum Gasteiger partial charge on any atom is 0.224 e. The van der Waals surface area contributed by atoms with Gasteiger partial charge in [0.1, 0.15) is 0 Å². The Hall–Kier alpha value is -2.18. The van der Waals surface area contributed by atoms with Crippen LogP contribution in [0, 0.1) is 5.92 Å². The van der Waals surface area contributed by atoms with Gasteiger partial charge >= 0.3 is 0 Å². The minimum atomic E-state index is -0.578. The smallest absolute Gasteiger partial charge is 0.224 e. The fourth-order valence-electron chi connectivity index (χ4n) is 2.30. The minimum absolute atomic E-state index is 0.00483. The van der Waals surface area contributed by atoms with Gasteiger partial charge in [-0.3, -0.25) is 9.59 Å². The number of rotatable bonds is 10. The summed E-state index contributed by atoms with van der Waals surface area (Å²) >= 11 is 0. The molecule has 0 unspecified atom stereocenters. The van der Waals surface area contributed by atoms with Gasteiger partial charge in [-0.05, 0) is 18.9 Å². The highest BCUT2D eigenvalue weighted by Crippen LogP contribution is 2.16. The van der Waals surface area contributed by atoms with Gasteiger partial charge in [-0.2, -0.15) is 0 Å². The first-order valence-electron chi connectivity index (χ1n) is 7.99. The Labute approximate surface area is 142 Å². The Morgan fingerprint density at radius 1 is 1.17 bits per heavy atom. The van der Waals surface area contributed by atoms with Crippen LogP contribution in [0.15, 0.2) is 43.0 Å². The van der Waals surface area contributed by atoms with Gasteiger partial charge < -0.3 is 20.8 Å². The predicted molar refractivity (Wildman–Crippen MR) is 92.0 cm³/mol. The summed E-state index contributed by atoms with van der Waals surface area (Å²) in [5.74, 6) is -1.20. The van der Waals surface area contributed by atoms with Crippen molar-refractivity contribution >= 4 is 11.8 Å². The molecule has 0 spiro atoms. The highest BCUT2D eigenvalue weighted by molar-refractivity contribution is 5.86. The number of aliphatic hydroxyl groups is 2. The van der Waals surface area contributed by atoms with Crippen molar-refractivity contribution in [1.29, 1.82) is 0 Å². The number of carbonyl (C=O) groups excluding carboxylic acids is 2. The van der Waals surface area contributed by atoms with Gasteiger partial charge in [-0.25, -0.2) is 0 Å². The molecular weight excluding hydrogens is 308 g/mol. The quantitative estimate of drug-likeness (QED) is 0.478. The monoisotopic (exact) mass is 334 g/mol. The van der Waals surface area contributed by atoms with E-state index in [9.17, 15) is 14.7 Å². The summed E-state index contributed by atoms with van der Waals surface area (Å²) < 4.78 is 0. The third-order valence-electron chi connectivity index (χ3n) is 3.64. The number of carbonyl (C=O) groups is 2. The Morgan fingerprint density at radius 3 is 2.38 bits per heavy atom. The van der Waals surface area contributed by atoms with Crippen LogP contribution in [-0.4, -0.2) is 41.3 Å². The average molecular weight is 334 g/mol. The van der Waals surface area contributed by atoms with E-state index < -0.39 is 12.0 Å². The Balaban J connectivity index is 2.71. The van der Waals surface area contributed by atoms with E-state index in [0.29, 0.717) is 6.42 Å². The van der Waals surface area contributed by atoms with Crippen LogP contribution in [0.4, 0.5) is 0 Å². The largest absolute Gasteiger partial charge is 0.394 e. The summed E-state index contributed by atoms with van der Waals surface area (Å²) in [4.78, 5) is 24.4. The third-order valence-corrected chi connectivity index (χ3v) is 3.64. The maximum atomic E-state index is 12.5. The van der Waals surface area contributed by atoms with Crippen LogP contribution in [0.5, 0.6) is 0 Å². The van der Waals surface area contributed by atoms with Crippen LogP contribution in [0.3, 0.4) is 0 Å². The molecule has 1 aromatic carbocycles. The van der Waals surface area contributed by atoms with E-state index in [1.54, 1.807) is 13.0 Å². The summed E-state index contributed by atoms with van der Waals surface area (Å²) in [5.41, 5.74) is 0.795. The first-order chi connectivity index (χ1) is 11.5. The molecule has 24 heavy (non-hydrogen) atoms. The normalized spacial score (nSPS) is 14.3. The molecule has 4 N–H and O–H groups in total. The van der Waals surface area contributed by atoms with E-state index >= 15 is 0 Å². The molecule has 0 saturated heterocycles. The van der Waals surface area contributed by atoms with Gasteiger partial charge in [0.15, 0.2) is 0 Å². The lowest BCUT2D eigenvalue weighted by molar-refractivity contribution is -0.131. The van der Waals surface area contributed by atoms with Crippen LogP contribution in [-0.2, 0) is 9.59 Å². The number of benzene rings is 1. The standard InChI is InChI=1S/C18H26N2O4/c1-3-7-15(10-17(23)19-13(2)11-21)18(24)20-16(12-22)14-8-5-4-6-9-14/h3-6,8-9,13,15-16,21-22H,1,7,10-12H2,2H3,(H,19,23)(H,20,24)/t13-,15+,16-/m0/s1. The highest BCUT2D eigenvalue weighted by Gasteiger charge is 2.24. The zero-order chi connectivity index (χ0) is 17.9. The van der Waals surface area contributed by atoms with Crippen molar-refractivity contribution in [2.75, 3.05) is 13.2 Å². The molecule has 0 bridgehead atoms. The van der Waals surface area contributed by atoms with Crippen molar-refractivity contribution in [1.82, 2.24) is 10.6 Å². The van der Waals surface area contributed by atoms with Crippen LogP contribution in [0.2, 0.25) is 0 Å². The minimum Gasteiger partial charge on any atom is -0.394 e. The molecular formula is C18H26N2O4. The number of nitrogens with one attached hydrogen (secondary N) is 2. The van der Waals surface area contributed by atoms with E-state index in [4.69, 9.17) is 5.11 Å². The number of allylic oxidation sites excluding steroid dienone is 1. The molecule has 6 heteroatoms. The van der Waals surface area contributed by atoms with Gasteiger partial charge in [0.2, 0.25) is 11.8 Å². The fourth-order valence-corrected chi connectivity index (χ4v) is 2.30. The Kier molecular flexibility index (Phi) is 8.75. The summed E-state index contributed by atoms with van der Waals surface area (Å²) in [6.45, 7) is 4.91. The summed E-state index contributed by atoms with van der Waals surface area (Å²) in [7, 11) is 0. The SMILES string of the molecule is C=CC[C@H](CC(=O)N[C@@H](C)CO)C(=O)N[C@@H](CO)c1ccccc1. The third kappa shape index (κ3) is 6.52. The molecule has 0 aromatic heterocycles. The Bertz CT molecular complexity index is 533. The van der Waals surface area contributed by atoms with E-state index in [1.807, 2.05) is 30.3 Å². The van der Waals surface area contributed by atoms with Crippen molar-refractivity contribution in [3.05, 3.63) is 48.6 Å². The number of hydrogen-bond acceptors (Lipinski definition) is 4. The van der Waals surface area contributed by atoms with E-state index in [-0.39, 0.29) is 37.5 Å². The average Bonchev–Trinajstić information content (AvgIpc) is 2.59. The molecule has 132 valence electrons. The molecule has 1 aromatic rings. The second-order valence-corrected chi connectivity index (χ2v) is 5.73. The van der Waals surface area contributed by atoms with Crippen molar-refractivity contribution in [3.8, 4) is 0 Å². The van der Waals surface area contributed by atoms with Gasteiger partial charge in [-0.1, -0.05) is 36.4 Å². The fraction of sp³-hybridized carbons (Fsp3) is 0.444. The molecule has 1 rings (SSSR count). The zero-order valence-electron chi connectivity index (χ0n) is 13.9. The lowest BCUT2D eigenvalue weighted by Crippen LogP contribution is -2.40. The number of amides is 2. The number of aliphatic hydroxyl groups excluding tert-OH is 2. The summed E-state index contributed by atoms with van der Waals surface area (Å²) in [6.07, 6.45) is 1.93. The predicted octanol–water partition coefficient (Wildman–Crippen LogP) is 0.916. The zero-order valence-corrected chi connectivity index (χ0v) is 13.9. The van der Waals surface area contributed by atoms with E-state index in [1.165, 1.54) is 0 Å². The molecule has 0 aliphatic carbocycles. The molecule has 0 heterocycles. The second-order valence-electron chi connectivity index (χ2n) is 5.73. The highest BCUT2D eigenvalue weighted by atomic mass is 16.3. The first-order valence-corrected chi connectivity index (χ1v) is 7.99. The van der Waals surface area contributed by atoms with E-state index in [2.05, 4.69) is 17.2 Å². The first kappa shape index (κ1) is 19.9. The lowest BCUT2D eigenvalue weighted by atomic mass is 9.98. The van der Waals surface area contributed by atoms with Gasteiger partial charge in [0.25, 0.3) is 0 Å². The molecule has 0 aliphatic heterocycles. The van der Waals surface area contributed by atoms with Crippen LogP contribution < -0.4 is 10.6 Å². The number of hydrogen-bond donors (Lipinski definition) is 4. The van der Waals surface area contributed by atoms with Crippen LogP contribution in [0.1, 0.15) is 31.4 Å². The van der Waals surface area contributed by atoms with Crippen molar-refractivity contribution in [2.45, 2.75) is 31.8 Å². The molecule has 0 aliphatic rings. The second kappa shape index (κ2) is 10.6. The summed E-state index contributed by atoms with van der Waals surface area (Å²) in [5, 5.41) is 23.9. The maximum absolute atomic E-state index is 12.5. The lowest BCUT2D eigenvalue weighted by Gasteiger charge is -2.21. The topological polar surface area (TPSA) is 98.7 Å². The molecule has 0 saturated carbocycles. The summed E-state index contributed by atoms with van der Waals surface area (Å²) in [6, 6.07) is 8.26. The van der Waals surface area contributed by atoms with Crippen molar-refractivity contribution < 1.29 is 19.8 Å². The van der Waals surface area contributed by atoms with Gasteiger partial charge in [-0.15, -0.1) is 6.58 Å². The van der Waals surface area contributed by atoms with Gasteiger partial charge in [0.05, 0.1) is 25.2 Å². The molecule has 3 atom stereocenters. The van der Waals surface area contributed by atoms with Crippen molar-refractivity contribution in [2.24, 2.45) is 5.92 Å². The molecule has 0 radical (unpaired) electrons. The molecule has 0 fully saturated rings. The molecule has 2 amide bonds. The van der Waals surface area contributed by atoms with Crippen LogP contribution in [0.25, 0.3) is 0 Å². The van der Waals surface area contributed by atoms with Crippen LogP contribution >= 0.6 is 0 Å². The Morgan fingerprint density at radius 2 is 1.83 bits per heavy atom. The molecule has 6 nitrogen and oxygen atoms in total. The van der Waals surface area contributed by atoms with Crippen molar-refractivity contribution in [3.63, 3.8) is 0 Å².